The van der Waals surface area contributed by atoms with Crippen LogP contribution in [0.5, 0.6) is 0 Å². The van der Waals surface area contributed by atoms with Crippen LogP contribution in [0, 0.1) is 12.7 Å². The van der Waals surface area contributed by atoms with E-state index >= 15 is 0 Å². The average Bonchev–Trinajstić information content (AvgIpc) is 2.24. The molecular formula is C14H20FN. The molecule has 0 saturated heterocycles. The van der Waals surface area contributed by atoms with E-state index < -0.39 is 0 Å². The molecule has 1 aliphatic carbocycles. The molecule has 1 aromatic rings. The molecule has 1 aliphatic rings. The Hall–Kier alpha value is -1.05. The van der Waals surface area contributed by atoms with Crippen molar-refractivity contribution in [3.05, 3.63) is 29.1 Å². The molecule has 0 bridgehead atoms. The van der Waals surface area contributed by atoms with Crippen LogP contribution in [-0.2, 0) is 5.41 Å². The van der Waals surface area contributed by atoms with E-state index in [0.29, 0.717) is 0 Å². The highest BCUT2D eigenvalue weighted by Gasteiger charge is 2.30. The van der Waals surface area contributed by atoms with E-state index in [-0.39, 0.29) is 16.9 Å². The smallest absolute Gasteiger partial charge is 0.146 e. The Morgan fingerprint density at radius 2 is 1.81 bits per heavy atom. The Morgan fingerprint density at radius 1 is 1.19 bits per heavy atom. The van der Waals surface area contributed by atoms with Crippen molar-refractivity contribution in [1.82, 2.24) is 0 Å². The van der Waals surface area contributed by atoms with Crippen LogP contribution >= 0.6 is 0 Å². The van der Waals surface area contributed by atoms with Crippen molar-refractivity contribution in [2.45, 2.75) is 51.4 Å². The van der Waals surface area contributed by atoms with Crippen LogP contribution in [0.3, 0.4) is 0 Å². The third-order valence-corrected chi connectivity index (χ3v) is 3.95. The second-order valence-corrected chi connectivity index (χ2v) is 5.31. The number of nitrogen functional groups attached to an aromatic ring is 1. The zero-order valence-corrected chi connectivity index (χ0v) is 10.1. The Bertz CT molecular complexity index is 392. The maximum atomic E-state index is 13.6. The van der Waals surface area contributed by atoms with Crippen LogP contribution in [-0.4, -0.2) is 0 Å². The van der Waals surface area contributed by atoms with E-state index in [2.05, 4.69) is 6.92 Å². The molecule has 1 aromatic carbocycles. The maximum Gasteiger partial charge on any atom is 0.146 e. The SMILES string of the molecule is Cc1cc(N)c(F)cc1C1(C)CCCCC1. The molecule has 2 rings (SSSR count). The molecule has 0 heterocycles. The average molecular weight is 221 g/mol. The number of halogens is 1. The highest BCUT2D eigenvalue weighted by atomic mass is 19.1. The van der Waals surface area contributed by atoms with Crippen molar-refractivity contribution in [3.8, 4) is 0 Å². The van der Waals surface area contributed by atoms with Crippen molar-refractivity contribution in [2.24, 2.45) is 0 Å². The van der Waals surface area contributed by atoms with Gasteiger partial charge in [-0.3, -0.25) is 0 Å². The van der Waals surface area contributed by atoms with E-state index in [9.17, 15) is 4.39 Å². The summed E-state index contributed by atoms with van der Waals surface area (Å²) in [4.78, 5) is 0. The molecule has 0 spiro atoms. The van der Waals surface area contributed by atoms with Gasteiger partial charge >= 0.3 is 0 Å². The Morgan fingerprint density at radius 3 is 2.44 bits per heavy atom. The van der Waals surface area contributed by atoms with Gasteiger partial charge < -0.3 is 5.73 Å². The van der Waals surface area contributed by atoms with E-state index in [1.807, 2.05) is 6.92 Å². The number of hydrogen-bond donors (Lipinski definition) is 1. The molecule has 0 atom stereocenters. The van der Waals surface area contributed by atoms with Crippen LogP contribution in [0.1, 0.15) is 50.2 Å². The lowest BCUT2D eigenvalue weighted by Gasteiger charge is -2.35. The predicted octanol–water partition coefficient (Wildman–Crippen LogP) is 3.94. The van der Waals surface area contributed by atoms with Gasteiger partial charge in [0.15, 0.2) is 0 Å². The number of nitrogens with two attached hydrogens (primary N) is 1. The molecular weight excluding hydrogens is 201 g/mol. The quantitative estimate of drug-likeness (QED) is 0.714. The lowest BCUT2D eigenvalue weighted by atomic mass is 9.70. The summed E-state index contributed by atoms with van der Waals surface area (Å²) < 4.78 is 13.6. The number of anilines is 1. The minimum Gasteiger partial charge on any atom is -0.396 e. The van der Waals surface area contributed by atoms with Gasteiger partial charge in [0.2, 0.25) is 0 Å². The van der Waals surface area contributed by atoms with Gasteiger partial charge in [0.25, 0.3) is 0 Å². The third kappa shape index (κ3) is 1.93. The number of hydrogen-bond acceptors (Lipinski definition) is 1. The minimum atomic E-state index is -0.271. The first kappa shape index (κ1) is 11.4. The van der Waals surface area contributed by atoms with E-state index in [0.717, 1.165) is 24.0 Å². The fraction of sp³-hybridized carbons (Fsp3) is 0.571. The summed E-state index contributed by atoms with van der Waals surface area (Å²) in [5.74, 6) is -0.271. The molecule has 0 aromatic heterocycles. The molecule has 0 aliphatic heterocycles. The third-order valence-electron chi connectivity index (χ3n) is 3.95. The number of aryl methyl sites for hydroxylation is 1. The predicted molar refractivity (Wildman–Crippen MR) is 66.0 cm³/mol. The highest BCUT2D eigenvalue weighted by molar-refractivity contribution is 5.48. The second-order valence-electron chi connectivity index (χ2n) is 5.31. The molecule has 16 heavy (non-hydrogen) atoms. The van der Waals surface area contributed by atoms with E-state index in [1.54, 1.807) is 12.1 Å². The Balaban J connectivity index is 2.42. The van der Waals surface area contributed by atoms with Crippen LogP contribution in [0.15, 0.2) is 12.1 Å². The van der Waals surface area contributed by atoms with Gasteiger partial charge in [-0.1, -0.05) is 26.2 Å². The van der Waals surface area contributed by atoms with Crippen LogP contribution in [0.4, 0.5) is 10.1 Å². The molecule has 1 nitrogen and oxygen atoms in total. The molecule has 2 heteroatoms. The van der Waals surface area contributed by atoms with Gasteiger partial charge in [-0.05, 0) is 48.4 Å². The molecule has 2 N–H and O–H groups in total. The van der Waals surface area contributed by atoms with E-state index in [1.165, 1.54) is 19.3 Å². The zero-order valence-electron chi connectivity index (χ0n) is 10.1. The van der Waals surface area contributed by atoms with Crippen molar-refractivity contribution in [2.75, 3.05) is 5.73 Å². The van der Waals surface area contributed by atoms with Crippen molar-refractivity contribution in [1.29, 1.82) is 0 Å². The summed E-state index contributed by atoms with van der Waals surface area (Å²) in [6, 6.07) is 3.42. The Kier molecular flexibility index (Phi) is 2.92. The summed E-state index contributed by atoms with van der Waals surface area (Å²) in [7, 11) is 0. The minimum absolute atomic E-state index is 0.150. The fourth-order valence-corrected chi connectivity index (χ4v) is 2.96. The summed E-state index contributed by atoms with van der Waals surface area (Å²) in [6.07, 6.45) is 6.14. The summed E-state index contributed by atoms with van der Waals surface area (Å²) in [5, 5.41) is 0. The lowest BCUT2D eigenvalue weighted by Crippen LogP contribution is -2.26. The topological polar surface area (TPSA) is 26.0 Å². The molecule has 1 saturated carbocycles. The number of rotatable bonds is 1. The van der Waals surface area contributed by atoms with Gasteiger partial charge in [-0.2, -0.15) is 0 Å². The monoisotopic (exact) mass is 221 g/mol. The van der Waals surface area contributed by atoms with Crippen molar-refractivity contribution >= 4 is 5.69 Å². The molecule has 0 unspecified atom stereocenters. The van der Waals surface area contributed by atoms with Gasteiger partial charge in [0, 0.05) is 0 Å². The van der Waals surface area contributed by atoms with Gasteiger partial charge in [0.1, 0.15) is 5.82 Å². The first-order valence-corrected chi connectivity index (χ1v) is 6.09. The van der Waals surface area contributed by atoms with Gasteiger partial charge in [-0.15, -0.1) is 0 Å². The lowest BCUT2D eigenvalue weighted by molar-refractivity contribution is 0.317. The summed E-state index contributed by atoms with van der Waals surface area (Å²) in [5.41, 5.74) is 8.28. The second kappa shape index (κ2) is 4.08. The Labute approximate surface area is 96.9 Å². The van der Waals surface area contributed by atoms with Crippen molar-refractivity contribution < 1.29 is 4.39 Å². The highest BCUT2D eigenvalue weighted by Crippen LogP contribution is 2.41. The van der Waals surface area contributed by atoms with Gasteiger partial charge in [0.05, 0.1) is 5.69 Å². The molecule has 1 fully saturated rings. The molecule has 88 valence electrons. The summed E-state index contributed by atoms with van der Waals surface area (Å²) >= 11 is 0. The molecule has 0 radical (unpaired) electrons. The van der Waals surface area contributed by atoms with Gasteiger partial charge in [-0.25, -0.2) is 4.39 Å². The fourth-order valence-electron chi connectivity index (χ4n) is 2.96. The maximum absolute atomic E-state index is 13.6. The first-order valence-electron chi connectivity index (χ1n) is 6.09. The number of benzene rings is 1. The molecule has 0 amide bonds. The van der Waals surface area contributed by atoms with E-state index in [4.69, 9.17) is 5.73 Å². The van der Waals surface area contributed by atoms with Crippen LogP contribution in [0.25, 0.3) is 0 Å². The normalized spacial score (nSPS) is 19.7. The first-order chi connectivity index (χ1) is 7.53. The van der Waals surface area contributed by atoms with Crippen LogP contribution in [0.2, 0.25) is 0 Å². The van der Waals surface area contributed by atoms with Crippen molar-refractivity contribution in [3.63, 3.8) is 0 Å². The largest absolute Gasteiger partial charge is 0.396 e. The van der Waals surface area contributed by atoms with Crippen LogP contribution < -0.4 is 5.73 Å². The summed E-state index contributed by atoms with van der Waals surface area (Å²) in [6.45, 7) is 4.29. The zero-order chi connectivity index (χ0) is 11.8. The standard InChI is InChI=1S/C14H20FN/c1-10-8-13(16)12(15)9-11(10)14(2)6-4-3-5-7-14/h8-9H,3-7,16H2,1-2H3.